The van der Waals surface area contributed by atoms with E-state index in [9.17, 15) is 4.79 Å². The van der Waals surface area contributed by atoms with Gasteiger partial charge in [0.15, 0.2) is 5.69 Å². The van der Waals surface area contributed by atoms with Crippen molar-refractivity contribution < 1.29 is 14.6 Å². The van der Waals surface area contributed by atoms with Crippen molar-refractivity contribution in [3.05, 3.63) is 17.5 Å². The number of esters is 1. The summed E-state index contributed by atoms with van der Waals surface area (Å²) in [6.07, 6.45) is 0. The summed E-state index contributed by atoms with van der Waals surface area (Å²) in [6, 6.07) is 1.58. The fraction of sp³-hybridized carbons (Fsp3) is 0.500. The molecule has 13 heavy (non-hydrogen) atoms. The summed E-state index contributed by atoms with van der Waals surface area (Å²) in [4.78, 5) is 11.1. The topological polar surface area (TPSA) is 64.3 Å². The number of nitrogens with zero attached hydrogens (tertiary/aromatic N) is 2. The molecule has 0 bridgehead atoms. The summed E-state index contributed by atoms with van der Waals surface area (Å²) < 4.78 is 6.07. The monoisotopic (exact) mass is 184 g/mol. The van der Waals surface area contributed by atoms with Crippen LogP contribution in [0.4, 0.5) is 0 Å². The van der Waals surface area contributed by atoms with Crippen LogP contribution in [0.15, 0.2) is 6.07 Å². The summed E-state index contributed by atoms with van der Waals surface area (Å²) >= 11 is 0. The summed E-state index contributed by atoms with van der Waals surface area (Å²) in [5, 5.41) is 12.6. The lowest BCUT2D eigenvalue weighted by Crippen LogP contribution is -2.07. The van der Waals surface area contributed by atoms with Crippen molar-refractivity contribution in [1.82, 2.24) is 9.78 Å². The number of rotatable bonds is 3. The van der Waals surface area contributed by atoms with E-state index in [1.165, 1.54) is 4.68 Å². The zero-order valence-electron chi connectivity index (χ0n) is 7.65. The van der Waals surface area contributed by atoms with Crippen LogP contribution >= 0.6 is 0 Å². The van der Waals surface area contributed by atoms with Gasteiger partial charge in [-0.25, -0.2) is 9.48 Å². The van der Waals surface area contributed by atoms with Crippen LogP contribution in [0.2, 0.25) is 0 Å². The van der Waals surface area contributed by atoms with E-state index in [-0.39, 0.29) is 12.4 Å². The summed E-state index contributed by atoms with van der Waals surface area (Å²) in [7, 11) is 0. The number of carbonyl (C=O) groups is 1. The zero-order chi connectivity index (χ0) is 9.84. The molecule has 0 radical (unpaired) electrons. The lowest BCUT2D eigenvalue weighted by atomic mass is 10.4. The van der Waals surface area contributed by atoms with E-state index in [0.717, 1.165) is 5.69 Å². The van der Waals surface area contributed by atoms with Gasteiger partial charge < -0.3 is 9.84 Å². The third-order valence-electron chi connectivity index (χ3n) is 1.60. The zero-order valence-corrected chi connectivity index (χ0v) is 7.65. The van der Waals surface area contributed by atoms with Gasteiger partial charge in [0, 0.05) is 5.69 Å². The Balaban J connectivity index is 2.84. The standard InChI is InChI=1S/C8H12N2O3/c1-3-13-8(12)7-4-6(2)10(5-11)9-7/h4,11H,3,5H2,1-2H3. The number of aliphatic hydroxyl groups excluding tert-OH is 1. The van der Waals surface area contributed by atoms with Crippen LogP contribution in [-0.4, -0.2) is 27.5 Å². The molecule has 1 heterocycles. The number of aryl methyl sites for hydroxylation is 1. The Hall–Kier alpha value is -1.36. The number of hydrogen-bond acceptors (Lipinski definition) is 4. The van der Waals surface area contributed by atoms with Crippen molar-refractivity contribution in [3.8, 4) is 0 Å². The Morgan fingerprint density at radius 3 is 2.92 bits per heavy atom. The molecule has 0 aliphatic rings. The molecule has 1 aromatic rings. The van der Waals surface area contributed by atoms with Gasteiger partial charge in [-0.3, -0.25) is 0 Å². The van der Waals surface area contributed by atoms with Gasteiger partial charge in [0.2, 0.25) is 0 Å². The molecule has 0 atom stereocenters. The van der Waals surface area contributed by atoms with Gasteiger partial charge in [0.1, 0.15) is 6.73 Å². The first-order valence-corrected chi connectivity index (χ1v) is 4.01. The van der Waals surface area contributed by atoms with Crippen molar-refractivity contribution >= 4 is 5.97 Å². The van der Waals surface area contributed by atoms with Gasteiger partial charge in [0.25, 0.3) is 0 Å². The Morgan fingerprint density at radius 2 is 2.46 bits per heavy atom. The van der Waals surface area contributed by atoms with Gasteiger partial charge in [-0.15, -0.1) is 0 Å². The summed E-state index contributed by atoms with van der Waals surface area (Å²) in [6.45, 7) is 3.58. The van der Waals surface area contributed by atoms with E-state index in [0.29, 0.717) is 6.61 Å². The minimum atomic E-state index is -0.460. The molecule has 0 saturated heterocycles. The van der Waals surface area contributed by atoms with E-state index >= 15 is 0 Å². The van der Waals surface area contributed by atoms with Gasteiger partial charge in [-0.1, -0.05) is 0 Å². The largest absolute Gasteiger partial charge is 0.461 e. The predicted molar refractivity (Wildman–Crippen MR) is 45.1 cm³/mol. The predicted octanol–water partition coefficient (Wildman–Crippen LogP) is 0.318. The lowest BCUT2D eigenvalue weighted by molar-refractivity contribution is 0.0517. The Morgan fingerprint density at radius 1 is 1.77 bits per heavy atom. The molecule has 0 fully saturated rings. The van der Waals surface area contributed by atoms with Gasteiger partial charge >= 0.3 is 5.97 Å². The Labute approximate surface area is 75.9 Å². The molecule has 1 aromatic heterocycles. The van der Waals surface area contributed by atoms with Crippen molar-refractivity contribution in [2.75, 3.05) is 6.61 Å². The Bertz CT molecular complexity index is 306. The summed E-state index contributed by atoms with van der Waals surface area (Å²) in [5.41, 5.74) is 0.957. The van der Waals surface area contributed by atoms with Crippen LogP contribution < -0.4 is 0 Å². The van der Waals surface area contributed by atoms with E-state index in [1.54, 1.807) is 19.9 Å². The van der Waals surface area contributed by atoms with E-state index < -0.39 is 5.97 Å². The van der Waals surface area contributed by atoms with Crippen LogP contribution in [0.1, 0.15) is 23.1 Å². The average Bonchev–Trinajstić information content (AvgIpc) is 2.47. The highest BCUT2D eigenvalue weighted by Crippen LogP contribution is 2.03. The van der Waals surface area contributed by atoms with Crippen molar-refractivity contribution in [1.29, 1.82) is 0 Å². The lowest BCUT2D eigenvalue weighted by Gasteiger charge is -1.97. The highest BCUT2D eigenvalue weighted by Gasteiger charge is 2.12. The third kappa shape index (κ3) is 2.06. The molecule has 0 unspecified atom stereocenters. The van der Waals surface area contributed by atoms with Gasteiger partial charge in [-0.05, 0) is 19.9 Å². The molecule has 5 nitrogen and oxygen atoms in total. The second-order valence-corrected chi connectivity index (χ2v) is 2.53. The van der Waals surface area contributed by atoms with E-state index in [1.807, 2.05) is 0 Å². The molecule has 5 heteroatoms. The molecule has 0 amide bonds. The maximum Gasteiger partial charge on any atom is 0.358 e. The van der Waals surface area contributed by atoms with Crippen molar-refractivity contribution in [3.63, 3.8) is 0 Å². The molecule has 0 saturated carbocycles. The SMILES string of the molecule is CCOC(=O)c1cc(C)n(CO)n1. The minimum absolute atomic E-state index is 0.230. The van der Waals surface area contributed by atoms with Gasteiger partial charge in [0.05, 0.1) is 6.61 Å². The highest BCUT2D eigenvalue weighted by atomic mass is 16.5. The molecule has 0 spiro atoms. The van der Waals surface area contributed by atoms with E-state index in [2.05, 4.69) is 5.10 Å². The third-order valence-corrected chi connectivity index (χ3v) is 1.60. The molecule has 72 valence electrons. The number of aromatic nitrogens is 2. The fourth-order valence-electron chi connectivity index (χ4n) is 0.958. The number of carbonyl (C=O) groups excluding carboxylic acids is 1. The van der Waals surface area contributed by atoms with E-state index in [4.69, 9.17) is 9.84 Å². The first kappa shape index (κ1) is 9.73. The van der Waals surface area contributed by atoms with Crippen LogP contribution in [0.25, 0.3) is 0 Å². The molecular weight excluding hydrogens is 172 g/mol. The molecule has 0 aromatic carbocycles. The normalized spacial score (nSPS) is 10.1. The molecule has 1 rings (SSSR count). The smallest absolute Gasteiger partial charge is 0.358 e. The second-order valence-electron chi connectivity index (χ2n) is 2.53. The van der Waals surface area contributed by atoms with Crippen LogP contribution in [0.3, 0.4) is 0 Å². The molecule has 1 N–H and O–H groups in total. The first-order valence-electron chi connectivity index (χ1n) is 4.01. The average molecular weight is 184 g/mol. The first-order chi connectivity index (χ1) is 6.19. The maximum atomic E-state index is 11.1. The number of aliphatic hydroxyl groups is 1. The number of ether oxygens (including phenoxy) is 1. The quantitative estimate of drug-likeness (QED) is 0.687. The minimum Gasteiger partial charge on any atom is -0.461 e. The maximum absolute atomic E-state index is 11.1. The van der Waals surface area contributed by atoms with Gasteiger partial charge in [-0.2, -0.15) is 5.10 Å². The van der Waals surface area contributed by atoms with Crippen LogP contribution in [0.5, 0.6) is 0 Å². The Kier molecular flexibility index (Phi) is 3.02. The van der Waals surface area contributed by atoms with Crippen LogP contribution in [0, 0.1) is 6.92 Å². The van der Waals surface area contributed by atoms with Crippen LogP contribution in [-0.2, 0) is 11.5 Å². The molecule has 0 aliphatic carbocycles. The van der Waals surface area contributed by atoms with Crippen molar-refractivity contribution in [2.24, 2.45) is 0 Å². The number of hydrogen-bond donors (Lipinski definition) is 1. The fourth-order valence-corrected chi connectivity index (χ4v) is 0.958. The second kappa shape index (κ2) is 4.04. The molecular formula is C8H12N2O3. The summed E-state index contributed by atoms with van der Waals surface area (Å²) in [5.74, 6) is -0.460. The highest BCUT2D eigenvalue weighted by molar-refractivity contribution is 5.87. The van der Waals surface area contributed by atoms with Crippen molar-refractivity contribution in [2.45, 2.75) is 20.6 Å². The molecule has 0 aliphatic heterocycles.